The Hall–Kier alpha value is -1.92. The van der Waals surface area contributed by atoms with Gasteiger partial charge in [0.1, 0.15) is 5.82 Å². The summed E-state index contributed by atoms with van der Waals surface area (Å²) in [7, 11) is 0. The summed E-state index contributed by atoms with van der Waals surface area (Å²) in [4.78, 5) is 26.7. The molecule has 2 aromatic heterocycles. The average molecular weight is 404 g/mol. The fourth-order valence-electron chi connectivity index (χ4n) is 3.84. The molecule has 0 bridgehead atoms. The number of amides is 1. The SMILES string of the molecule is CCCCc1nc(Cl)c(CN2CC[C@H](NC(=O)c3ccncc3)[C@H](CC)C2)[nH]1. The summed E-state index contributed by atoms with van der Waals surface area (Å²) in [6.07, 6.45) is 8.46. The molecule has 0 aliphatic carbocycles. The van der Waals surface area contributed by atoms with E-state index in [0.29, 0.717) is 16.6 Å². The molecule has 1 saturated heterocycles. The van der Waals surface area contributed by atoms with Crippen LogP contribution in [0, 0.1) is 5.92 Å². The maximum atomic E-state index is 12.5. The number of unbranched alkanes of at least 4 members (excludes halogenated alkanes) is 1. The Balaban J connectivity index is 1.57. The zero-order valence-corrected chi connectivity index (χ0v) is 17.5. The second kappa shape index (κ2) is 10.0. The number of piperidine rings is 1. The molecule has 1 fully saturated rings. The van der Waals surface area contributed by atoms with Crippen LogP contribution in [-0.2, 0) is 13.0 Å². The van der Waals surface area contributed by atoms with Crippen LogP contribution >= 0.6 is 11.6 Å². The Kier molecular flexibility index (Phi) is 7.45. The smallest absolute Gasteiger partial charge is 0.251 e. The molecule has 2 aromatic rings. The van der Waals surface area contributed by atoms with Crippen LogP contribution in [0.15, 0.2) is 24.5 Å². The molecule has 0 aromatic carbocycles. The number of nitrogens with zero attached hydrogens (tertiary/aromatic N) is 3. The highest BCUT2D eigenvalue weighted by molar-refractivity contribution is 6.30. The highest BCUT2D eigenvalue weighted by Crippen LogP contribution is 2.24. The Morgan fingerprint density at radius 3 is 2.86 bits per heavy atom. The molecule has 7 heteroatoms. The van der Waals surface area contributed by atoms with E-state index in [-0.39, 0.29) is 11.9 Å². The molecule has 152 valence electrons. The van der Waals surface area contributed by atoms with Crippen molar-refractivity contribution < 1.29 is 4.79 Å². The van der Waals surface area contributed by atoms with E-state index in [2.05, 4.69) is 39.0 Å². The van der Waals surface area contributed by atoms with Crippen LogP contribution in [0.4, 0.5) is 0 Å². The summed E-state index contributed by atoms with van der Waals surface area (Å²) in [6, 6.07) is 3.70. The van der Waals surface area contributed by atoms with Gasteiger partial charge in [0, 0.05) is 50.1 Å². The van der Waals surface area contributed by atoms with Crippen LogP contribution in [0.5, 0.6) is 0 Å². The number of likely N-dealkylation sites (tertiary alicyclic amines) is 1. The third-order valence-corrected chi connectivity index (χ3v) is 5.84. The van der Waals surface area contributed by atoms with Gasteiger partial charge in [0.05, 0.1) is 5.69 Å². The Morgan fingerprint density at radius 1 is 1.36 bits per heavy atom. The highest BCUT2D eigenvalue weighted by Gasteiger charge is 2.30. The fourth-order valence-corrected chi connectivity index (χ4v) is 4.05. The third-order valence-electron chi connectivity index (χ3n) is 5.53. The van der Waals surface area contributed by atoms with Crippen molar-refractivity contribution in [2.45, 2.75) is 58.5 Å². The number of hydrogen-bond acceptors (Lipinski definition) is 4. The Morgan fingerprint density at radius 2 is 2.14 bits per heavy atom. The van der Waals surface area contributed by atoms with E-state index >= 15 is 0 Å². The lowest BCUT2D eigenvalue weighted by Gasteiger charge is -2.38. The second-order valence-electron chi connectivity index (χ2n) is 7.56. The van der Waals surface area contributed by atoms with E-state index in [1.54, 1.807) is 24.5 Å². The van der Waals surface area contributed by atoms with Gasteiger partial charge in [0.15, 0.2) is 5.15 Å². The third kappa shape index (κ3) is 5.32. The predicted molar refractivity (Wildman–Crippen MR) is 111 cm³/mol. The topological polar surface area (TPSA) is 73.9 Å². The summed E-state index contributed by atoms with van der Waals surface area (Å²) >= 11 is 6.35. The van der Waals surface area contributed by atoms with Crippen LogP contribution in [-0.4, -0.2) is 44.9 Å². The molecule has 3 heterocycles. The maximum Gasteiger partial charge on any atom is 0.251 e. The molecule has 0 unspecified atom stereocenters. The van der Waals surface area contributed by atoms with E-state index in [9.17, 15) is 4.79 Å². The van der Waals surface area contributed by atoms with E-state index in [4.69, 9.17) is 11.6 Å². The number of halogens is 1. The fraction of sp³-hybridized carbons (Fsp3) is 0.571. The van der Waals surface area contributed by atoms with E-state index < -0.39 is 0 Å². The van der Waals surface area contributed by atoms with Crippen molar-refractivity contribution in [3.63, 3.8) is 0 Å². The lowest BCUT2D eigenvalue weighted by atomic mass is 9.89. The van der Waals surface area contributed by atoms with Crippen molar-refractivity contribution >= 4 is 17.5 Å². The number of aromatic amines is 1. The highest BCUT2D eigenvalue weighted by atomic mass is 35.5. The lowest BCUT2D eigenvalue weighted by molar-refractivity contribution is 0.0839. The summed E-state index contributed by atoms with van der Waals surface area (Å²) < 4.78 is 0. The molecular weight excluding hydrogens is 374 g/mol. The Labute approximate surface area is 172 Å². The molecule has 0 saturated carbocycles. The number of hydrogen-bond donors (Lipinski definition) is 2. The number of pyridine rings is 1. The van der Waals surface area contributed by atoms with E-state index in [1.165, 1.54) is 0 Å². The number of aryl methyl sites for hydroxylation is 1. The largest absolute Gasteiger partial charge is 0.349 e. The predicted octanol–water partition coefficient (Wildman–Crippen LogP) is 3.83. The van der Waals surface area contributed by atoms with E-state index in [0.717, 1.165) is 63.3 Å². The maximum absolute atomic E-state index is 12.5. The monoisotopic (exact) mass is 403 g/mol. The minimum atomic E-state index is -0.0171. The molecule has 1 aliphatic rings. The number of aromatic nitrogens is 3. The number of H-pyrrole nitrogens is 1. The summed E-state index contributed by atoms with van der Waals surface area (Å²) in [5.74, 6) is 1.38. The molecule has 0 spiro atoms. The van der Waals surface area contributed by atoms with Gasteiger partial charge in [-0.15, -0.1) is 0 Å². The van der Waals surface area contributed by atoms with Crippen molar-refractivity contribution in [3.05, 3.63) is 46.8 Å². The van der Waals surface area contributed by atoms with Crippen LogP contribution in [0.3, 0.4) is 0 Å². The van der Waals surface area contributed by atoms with Crippen molar-refractivity contribution in [2.24, 2.45) is 5.92 Å². The van der Waals surface area contributed by atoms with Gasteiger partial charge in [-0.2, -0.15) is 0 Å². The number of carbonyl (C=O) groups excluding carboxylic acids is 1. The quantitative estimate of drug-likeness (QED) is 0.702. The summed E-state index contributed by atoms with van der Waals surface area (Å²) in [5.41, 5.74) is 1.66. The molecule has 3 rings (SSSR count). The molecule has 0 radical (unpaired) electrons. The van der Waals surface area contributed by atoms with Crippen molar-refractivity contribution in [1.82, 2.24) is 25.2 Å². The summed E-state index contributed by atoms with van der Waals surface area (Å²) in [6.45, 7) is 7.01. The van der Waals surface area contributed by atoms with Gasteiger partial charge in [-0.1, -0.05) is 38.3 Å². The molecular formula is C21H30ClN5O. The number of imidazole rings is 1. The zero-order valence-electron chi connectivity index (χ0n) is 16.7. The van der Waals surface area contributed by atoms with Crippen molar-refractivity contribution in [1.29, 1.82) is 0 Å². The van der Waals surface area contributed by atoms with Crippen LogP contribution in [0.1, 0.15) is 61.4 Å². The molecule has 28 heavy (non-hydrogen) atoms. The standard InChI is InChI=1S/C21H30ClN5O/c1-3-5-6-19-24-18(20(22)26-19)14-27-12-9-17(15(4-2)13-27)25-21(28)16-7-10-23-11-8-16/h7-8,10-11,15,17H,3-6,9,12-14H2,1-2H3,(H,24,26)(H,25,28)/t15-,17+/m1/s1. The van der Waals surface area contributed by atoms with E-state index in [1.807, 2.05) is 0 Å². The first kappa shape index (κ1) is 20.8. The first-order chi connectivity index (χ1) is 13.6. The molecule has 6 nitrogen and oxygen atoms in total. The van der Waals surface area contributed by atoms with Crippen LogP contribution in [0.25, 0.3) is 0 Å². The second-order valence-corrected chi connectivity index (χ2v) is 7.92. The number of carbonyl (C=O) groups is 1. The summed E-state index contributed by atoms with van der Waals surface area (Å²) in [5, 5.41) is 3.81. The lowest BCUT2D eigenvalue weighted by Crippen LogP contribution is -2.50. The first-order valence-electron chi connectivity index (χ1n) is 10.3. The average Bonchev–Trinajstić information content (AvgIpc) is 3.07. The molecule has 1 aliphatic heterocycles. The van der Waals surface area contributed by atoms with Crippen molar-refractivity contribution in [3.8, 4) is 0 Å². The van der Waals surface area contributed by atoms with Gasteiger partial charge < -0.3 is 10.3 Å². The molecule has 2 N–H and O–H groups in total. The van der Waals surface area contributed by atoms with Crippen LogP contribution in [0.2, 0.25) is 5.15 Å². The Bertz CT molecular complexity index is 763. The van der Waals surface area contributed by atoms with Gasteiger partial charge in [0.2, 0.25) is 0 Å². The van der Waals surface area contributed by atoms with Crippen molar-refractivity contribution in [2.75, 3.05) is 13.1 Å². The number of rotatable bonds is 8. The number of nitrogens with one attached hydrogen (secondary N) is 2. The molecule has 1 amide bonds. The zero-order chi connectivity index (χ0) is 19.9. The first-order valence-corrected chi connectivity index (χ1v) is 10.6. The molecule has 2 atom stereocenters. The minimum absolute atomic E-state index is 0.0171. The normalized spacial score (nSPS) is 20.2. The van der Waals surface area contributed by atoms with Gasteiger partial charge in [-0.3, -0.25) is 14.7 Å². The minimum Gasteiger partial charge on any atom is -0.349 e. The van der Waals surface area contributed by atoms with Crippen LogP contribution < -0.4 is 5.32 Å². The van der Waals surface area contributed by atoms with Gasteiger partial charge in [-0.25, -0.2) is 4.98 Å². The van der Waals surface area contributed by atoms with Gasteiger partial charge in [-0.05, 0) is 30.9 Å². The van der Waals surface area contributed by atoms with Gasteiger partial charge >= 0.3 is 0 Å². The van der Waals surface area contributed by atoms with Gasteiger partial charge in [0.25, 0.3) is 5.91 Å².